The molecule has 106 valence electrons. The van der Waals surface area contributed by atoms with Crippen molar-refractivity contribution in [2.75, 3.05) is 5.73 Å². The highest BCUT2D eigenvalue weighted by Gasteiger charge is 2.41. The lowest BCUT2D eigenvalue weighted by atomic mass is 9.88. The van der Waals surface area contributed by atoms with Crippen molar-refractivity contribution in [3.8, 4) is 0 Å². The molecule has 0 spiro atoms. The standard InChI is InChI=1S/C19H19NS/c1-19-11-5-4-7-14(19)12-17(21-19)16-10-9-13-6-2-3-8-15(13)18(16)20/h2-10,17H,11-12,20H2,1H3. The molecule has 2 heteroatoms. The highest BCUT2D eigenvalue weighted by Crippen LogP contribution is 2.58. The largest absolute Gasteiger partial charge is 0.398 e. The lowest BCUT2D eigenvalue weighted by Crippen LogP contribution is -2.18. The monoisotopic (exact) mass is 293 g/mol. The molecule has 2 aromatic carbocycles. The maximum Gasteiger partial charge on any atom is 0.0437 e. The molecular formula is C19H19NS. The van der Waals surface area contributed by atoms with Gasteiger partial charge in [-0.3, -0.25) is 0 Å². The van der Waals surface area contributed by atoms with E-state index >= 15 is 0 Å². The molecule has 1 nitrogen and oxygen atoms in total. The first-order chi connectivity index (χ1) is 10.2. The van der Waals surface area contributed by atoms with Crippen LogP contribution >= 0.6 is 11.8 Å². The van der Waals surface area contributed by atoms with Crippen LogP contribution in [0.3, 0.4) is 0 Å². The molecule has 1 aliphatic heterocycles. The lowest BCUT2D eigenvalue weighted by Gasteiger charge is -2.26. The van der Waals surface area contributed by atoms with Crippen LogP contribution in [0.4, 0.5) is 5.69 Å². The second-order valence-electron chi connectivity index (χ2n) is 6.16. The summed E-state index contributed by atoms with van der Waals surface area (Å²) >= 11 is 2.07. The smallest absolute Gasteiger partial charge is 0.0437 e. The molecule has 0 bridgehead atoms. The molecular weight excluding hydrogens is 274 g/mol. The first-order valence-electron chi connectivity index (χ1n) is 7.48. The number of hydrogen-bond acceptors (Lipinski definition) is 2. The van der Waals surface area contributed by atoms with Gasteiger partial charge in [-0.2, -0.15) is 0 Å². The molecule has 2 unspecified atom stereocenters. The Morgan fingerprint density at radius 2 is 2.05 bits per heavy atom. The van der Waals surface area contributed by atoms with E-state index in [-0.39, 0.29) is 4.75 Å². The average Bonchev–Trinajstić information content (AvgIpc) is 2.85. The minimum Gasteiger partial charge on any atom is -0.398 e. The molecule has 2 aromatic rings. The Hall–Kier alpha value is -1.67. The van der Waals surface area contributed by atoms with E-state index in [2.05, 4.69) is 73.3 Å². The molecule has 0 amide bonds. The van der Waals surface area contributed by atoms with Crippen LogP contribution in [-0.2, 0) is 0 Å². The zero-order chi connectivity index (χ0) is 14.4. The zero-order valence-corrected chi connectivity index (χ0v) is 13.0. The summed E-state index contributed by atoms with van der Waals surface area (Å²) in [5.74, 6) is 0. The number of anilines is 1. The minimum absolute atomic E-state index is 0.261. The van der Waals surface area contributed by atoms with Crippen molar-refractivity contribution < 1.29 is 0 Å². The van der Waals surface area contributed by atoms with Gasteiger partial charge in [-0.05, 0) is 30.7 Å². The summed E-state index contributed by atoms with van der Waals surface area (Å²) < 4.78 is 0.261. The molecule has 21 heavy (non-hydrogen) atoms. The first-order valence-corrected chi connectivity index (χ1v) is 8.36. The predicted octanol–water partition coefficient (Wildman–Crippen LogP) is 5.25. The first kappa shape index (κ1) is 13.0. The highest BCUT2D eigenvalue weighted by molar-refractivity contribution is 8.01. The second kappa shape index (κ2) is 4.67. The van der Waals surface area contributed by atoms with Crippen LogP contribution in [0.5, 0.6) is 0 Å². The van der Waals surface area contributed by atoms with Crippen LogP contribution in [0.1, 0.15) is 30.6 Å². The van der Waals surface area contributed by atoms with Crippen molar-refractivity contribution in [3.63, 3.8) is 0 Å². The van der Waals surface area contributed by atoms with Crippen LogP contribution < -0.4 is 5.73 Å². The summed E-state index contributed by atoms with van der Waals surface area (Å²) in [6.45, 7) is 2.37. The Morgan fingerprint density at radius 3 is 2.90 bits per heavy atom. The second-order valence-corrected chi connectivity index (χ2v) is 7.86. The van der Waals surface area contributed by atoms with E-state index in [0.29, 0.717) is 5.25 Å². The van der Waals surface area contributed by atoms with Gasteiger partial charge in [-0.25, -0.2) is 0 Å². The molecule has 0 radical (unpaired) electrons. The van der Waals surface area contributed by atoms with Gasteiger partial charge in [0.05, 0.1) is 0 Å². The van der Waals surface area contributed by atoms with E-state index in [0.717, 1.165) is 18.5 Å². The van der Waals surface area contributed by atoms with Crippen molar-refractivity contribution >= 4 is 28.2 Å². The quantitative estimate of drug-likeness (QED) is 0.727. The van der Waals surface area contributed by atoms with E-state index in [1.807, 2.05) is 0 Å². The zero-order valence-electron chi connectivity index (χ0n) is 12.2. The molecule has 2 aliphatic rings. The van der Waals surface area contributed by atoms with Gasteiger partial charge in [-0.15, -0.1) is 11.8 Å². The summed E-state index contributed by atoms with van der Waals surface area (Å²) in [5.41, 5.74) is 10.3. The van der Waals surface area contributed by atoms with Crippen LogP contribution in [-0.4, -0.2) is 4.75 Å². The fraction of sp³-hybridized carbons (Fsp3) is 0.263. The summed E-state index contributed by atoms with van der Waals surface area (Å²) in [5, 5.41) is 2.89. The maximum absolute atomic E-state index is 6.48. The third-order valence-corrected chi connectivity index (χ3v) is 6.43. The van der Waals surface area contributed by atoms with Gasteiger partial charge < -0.3 is 5.73 Å². The Balaban J connectivity index is 1.77. The molecule has 1 saturated heterocycles. The van der Waals surface area contributed by atoms with Gasteiger partial charge in [-0.1, -0.05) is 60.2 Å². The minimum atomic E-state index is 0.261. The number of allylic oxidation sites excluding steroid dienone is 3. The van der Waals surface area contributed by atoms with Crippen LogP contribution in [0.15, 0.2) is 60.2 Å². The number of thioether (sulfide) groups is 1. The third-order valence-electron chi connectivity index (χ3n) is 4.78. The van der Waals surface area contributed by atoms with Gasteiger partial charge in [0.25, 0.3) is 0 Å². The van der Waals surface area contributed by atoms with E-state index in [1.165, 1.54) is 16.3 Å². The Kier molecular flexibility index (Phi) is 2.90. The number of hydrogen-bond donors (Lipinski definition) is 1. The van der Waals surface area contributed by atoms with E-state index in [4.69, 9.17) is 5.73 Å². The number of rotatable bonds is 1. The molecule has 2 N–H and O–H groups in total. The molecule has 4 rings (SSSR count). The van der Waals surface area contributed by atoms with Gasteiger partial charge in [0.1, 0.15) is 0 Å². The van der Waals surface area contributed by atoms with Gasteiger partial charge in [0.2, 0.25) is 0 Å². The van der Waals surface area contributed by atoms with Crippen LogP contribution in [0.25, 0.3) is 10.8 Å². The van der Waals surface area contributed by atoms with Gasteiger partial charge >= 0.3 is 0 Å². The molecule has 1 fully saturated rings. The topological polar surface area (TPSA) is 26.0 Å². The average molecular weight is 293 g/mol. The van der Waals surface area contributed by atoms with E-state index in [1.54, 1.807) is 5.57 Å². The van der Waals surface area contributed by atoms with Crippen molar-refractivity contribution in [3.05, 3.63) is 65.8 Å². The fourth-order valence-corrected chi connectivity index (χ4v) is 5.23. The summed E-state index contributed by atoms with van der Waals surface area (Å²) in [6, 6.07) is 12.8. The number of nitrogens with two attached hydrogens (primary N) is 1. The van der Waals surface area contributed by atoms with Crippen molar-refractivity contribution in [2.45, 2.75) is 29.8 Å². The van der Waals surface area contributed by atoms with Crippen molar-refractivity contribution in [2.24, 2.45) is 0 Å². The van der Waals surface area contributed by atoms with Gasteiger partial charge in [0, 0.05) is 21.1 Å². The molecule has 1 aliphatic carbocycles. The lowest BCUT2D eigenvalue weighted by molar-refractivity contribution is 0.736. The van der Waals surface area contributed by atoms with E-state index < -0.39 is 0 Å². The normalized spacial score (nSPS) is 27.7. The summed E-state index contributed by atoms with van der Waals surface area (Å²) in [7, 11) is 0. The fourth-order valence-electron chi connectivity index (χ4n) is 3.51. The maximum atomic E-state index is 6.48. The Morgan fingerprint density at radius 1 is 1.19 bits per heavy atom. The van der Waals surface area contributed by atoms with Crippen LogP contribution in [0, 0.1) is 0 Å². The van der Waals surface area contributed by atoms with Gasteiger partial charge in [0.15, 0.2) is 0 Å². The molecule has 2 atom stereocenters. The third kappa shape index (κ3) is 2.01. The predicted molar refractivity (Wildman–Crippen MR) is 93.6 cm³/mol. The summed E-state index contributed by atoms with van der Waals surface area (Å²) in [6.07, 6.45) is 9.03. The Bertz CT molecular complexity index is 774. The molecule has 1 heterocycles. The Labute approximate surface area is 129 Å². The number of benzene rings is 2. The molecule has 0 aromatic heterocycles. The van der Waals surface area contributed by atoms with Crippen molar-refractivity contribution in [1.82, 2.24) is 0 Å². The highest BCUT2D eigenvalue weighted by atomic mass is 32.2. The van der Waals surface area contributed by atoms with E-state index in [9.17, 15) is 0 Å². The summed E-state index contributed by atoms with van der Waals surface area (Å²) in [4.78, 5) is 0. The number of nitrogen functional groups attached to an aromatic ring is 1. The van der Waals surface area contributed by atoms with Crippen molar-refractivity contribution in [1.29, 1.82) is 0 Å². The molecule has 0 saturated carbocycles. The van der Waals surface area contributed by atoms with Crippen LogP contribution in [0.2, 0.25) is 0 Å². The number of fused-ring (bicyclic) bond motifs is 2. The SMILES string of the molecule is CC12CC=CC=C1CC(c1ccc3ccccc3c1N)S2.